The van der Waals surface area contributed by atoms with Gasteiger partial charge in [-0.15, -0.1) is 0 Å². The minimum Gasteiger partial charge on any atom is -0.374 e. The molecule has 2 aliphatic carbocycles. The Hall–Kier alpha value is -1.02. The third-order valence-corrected chi connectivity index (χ3v) is 5.16. The van der Waals surface area contributed by atoms with Crippen LogP contribution < -0.4 is 4.90 Å². The molecule has 3 rings (SSSR count). The number of hydrogen-bond acceptors (Lipinski definition) is 2. The highest BCUT2D eigenvalue weighted by atomic mass is 35.5. The predicted molar refractivity (Wildman–Crippen MR) is 79.0 cm³/mol. The monoisotopic (exact) mass is 277 g/mol. The van der Waals surface area contributed by atoms with E-state index in [1.54, 1.807) is 6.07 Å². The maximum Gasteiger partial charge on any atom is 0.152 e. The minimum absolute atomic E-state index is 0.695. The van der Waals surface area contributed by atoms with Crippen molar-refractivity contribution in [1.29, 1.82) is 0 Å². The van der Waals surface area contributed by atoms with Crippen molar-refractivity contribution in [3.63, 3.8) is 0 Å². The Kier molecular flexibility index (Phi) is 3.53. The minimum atomic E-state index is 0.695. The molecule has 0 spiro atoms. The molecule has 1 aromatic rings. The molecule has 3 unspecified atom stereocenters. The number of carbonyl (C=O) groups is 1. The molecule has 0 aromatic heterocycles. The van der Waals surface area contributed by atoms with E-state index in [9.17, 15) is 4.79 Å². The van der Waals surface area contributed by atoms with Gasteiger partial charge in [0.1, 0.15) is 0 Å². The van der Waals surface area contributed by atoms with Crippen molar-refractivity contribution in [1.82, 2.24) is 0 Å². The Labute approximate surface area is 119 Å². The number of nitrogens with zero attached hydrogens (tertiary/aromatic N) is 1. The van der Waals surface area contributed by atoms with Gasteiger partial charge in [-0.1, -0.05) is 18.0 Å². The summed E-state index contributed by atoms with van der Waals surface area (Å²) in [6.07, 6.45) is 6.55. The molecule has 19 heavy (non-hydrogen) atoms. The fourth-order valence-electron chi connectivity index (χ4n) is 4.00. The second-order valence-corrected chi connectivity index (χ2v) is 6.57. The van der Waals surface area contributed by atoms with Crippen molar-refractivity contribution in [3.05, 3.63) is 28.8 Å². The van der Waals surface area contributed by atoms with Gasteiger partial charge in [-0.25, -0.2) is 0 Å². The standard InChI is InChI=1S/C16H20ClNO/c1-18(9-14-7-11-2-3-12(14)6-11)16-8-15(17)5-4-13(16)10-19/h4-5,8,10-12,14H,2-3,6-7,9H2,1H3. The van der Waals surface area contributed by atoms with Crippen molar-refractivity contribution in [2.45, 2.75) is 25.7 Å². The first-order valence-electron chi connectivity index (χ1n) is 7.13. The summed E-state index contributed by atoms with van der Waals surface area (Å²) in [5, 5.41) is 0.695. The first-order valence-corrected chi connectivity index (χ1v) is 7.51. The van der Waals surface area contributed by atoms with Gasteiger partial charge in [0, 0.05) is 29.9 Å². The van der Waals surface area contributed by atoms with Crippen LogP contribution >= 0.6 is 11.6 Å². The summed E-state index contributed by atoms with van der Waals surface area (Å²) in [5.41, 5.74) is 1.69. The number of anilines is 1. The molecule has 0 N–H and O–H groups in total. The van der Waals surface area contributed by atoms with E-state index < -0.39 is 0 Å². The zero-order valence-electron chi connectivity index (χ0n) is 11.3. The quantitative estimate of drug-likeness (QED) is 0.775. The molecule has 2 fully saturated rings. The lowest BCUT2D eigenvalue weighted by atomic mass is 9.88. The van der Waals surface area contributed by atoms with E-state index in [2.05, 4.69) is 11.9 Å². The fraction of sp³-hybridized carbons (Fsp3) is 0.562. The summed E-state index contributed by atoms with van der Waals surface area (Å²) >= 11 is 6.05. The zero-order valence-corrected chi connectivity index (χ0v) is 12.1. The van der Waals surface area contributed by atoms with Crippen molar-refractivity contribution < 1.29 is 4.79 Å². The van der Waals surface area contributed by atoms with Gasteiger partial charge in [-0.3, -0.25) is 4.79 Å². The summed E-state index contributed by atoms with van der Waals surface area (Å²) in [5.74, 6) is 2.67. The average Bonchev–Trinajstić information content (AvgIpc) is 3.01. The molecule has 0 aliphatic heterocycles. The summed E-state index contributed by atoms with van der Waals surface area (Å²) in [6.45, 7) is 1.04. The Morgan fingerprint density at radius 3 is 2.84 bits per heavy atom. The number of fused-ring (bicyclic) bond motifs is 2. The van der Waals surface area contributed by atoms with Gasteiger partial charge in [-0.2, -0.15) is 0 Å². The van der Waals surface area contributed by atoms with Crippen molar-refractivity contribution in [3.8, 4) is 0 Å². The third-order valence-electron chi connectivity index (χ3n) is 4.92. The maximum absolute atomic E-state index is 11.1. The Balaban J connectivity index is 1.75. The maximum atomic E-state index is 11.1. The molecule has 0 amide bonds. The summed E-state index contributed by atoms with van der Waals surface area (Å²) in [7, 11) is 2.07. The summed E-state index contributed by atoms with van der Waals surface area (Å²) in [4.78, 5) is 13.3. The van der Waals surface area contributed by atoms with Crippen LogP contribution in [0.5, 0.6) is 0 Å². The lowest BCUT2D eigenvalue weighted by Gasteiger charge is -2.29. The van der Waals surface area contributed by atoms with Gasteiger partial charge in [0.15, 0.2) is 6.29 Å². The van der Waals surface area contributed by atoms with Gasteiger partial charge < -0.3 is 4.90 Å². The van der Waals surface area contributed by atoms with E-state index in [-0.39, 0.29) is 0 Å². The highest BCUT2D eigenvalue weighted by Crippen LogP contribution is 2.48. The molecular weight excluding hydrogens is 258 g/mol. The van der Waals surface area contributed by atoms with E-state index in [1.807, 2.05) is 12.1 Å². The molecule has 2 aliphatic rings. The van der Waals surface area contributed by atoms with Crippen molar-refractivity contribution >= 4 is 23.6 Å². The highest BCUT2D eigenvalue weighted by molar-refractivity contribution is 6.31. The Morgan fingerprint density at radius 2 is 2.21 bits per heavy atom. The number of benzene rings is 1. The second kappa shape index (κ2) is 5.16. The molecule has 102 valence electrons. The van der Waals surface area contributed by atoms with Crippen LogP contribution in [-0.2, 0) is 0 Å². The van der Waals surface area contributed by atoms with Gasteiger partial charge in [0.2, 0.25) is 0 Å². The Morgan fingerprint density at radius 1 is 1.37 bits per heavy atom. The van der Waals surface area contributed by atoms with Crippen LogP contribution in [-0.4, -0.2) is 19.9 Å². The number of hydrogen-bond donors (Lipinski definition) is 0. The van der Waals surface area contributed by atoms with Crippen LogP contribution in [0.25, 0.3) is 0 Å². The first kappa shape index (κ1) is 13.0. The van der Waals surface area contributed by atoms with E-state index in [0.717, 1.165) is 41.8 Å². The number of aldehydes is 1. The molecule has 0 radical (unpaired) electrons. The zero-order chi connectivity index (χ0) is 13.4. The lowest BCUT2D eigenvalue weighted by Crippen LogP contribution is -2.29. The Bertz CT molecular complexity index is 488. The fourth-order valence-corrected chi connectivity index (χ4v) is 4.16. The van der Waals surface area contributed by atoms with E-state index in [1.165, 1.54) is 25.7 Å². The second-order valence-electron chi connectivity index (χ2n) is 6.14. The molecule has 2 nitrogen and oxygen atoms in total. The summed E-state index contributed by atoms with van der Waals surface area (Å²) < 4.78 is 0. The topological polar surface area (TPSA) is 20.3 Å². The van der Waals surface area contributed by atoms with Crippen molar-refractivity contribution in [2.24, 2.45) is 17.8 Å². The van der Waals surface area contributed by atoms with E-state index in [4.69, 9.17) is 11.6 Å². The van der Waals surface area contributed by atoms with Crippen LogP contribution in [0.3, 0.4) is 0 Å². The number of rotatable bonds is 4. The molecule has 3 atom stereocenters. The lowest BCUT2D eigenvalue weighted by molar-refractivity contribution is 0.112. The molecular formula is C16H20ClNO. The molecule has 1 aromatic carbocycles. The van der Waals surface area contributed by atoms with Gasteiger partial charge in [0.05, 0.1) is 0 Å². The summed E-state index contributed by atoms with van der Waals surface area (Å²) in [6, 6.07) is 5.49. The van der Waals surface area contributed by atoms with Crippen LogP contribution in [0.4, 0.5) is 5.69 Å². The molecule has 2 saturated carbocycles. The van der Waals surface area contributed by atoms with E-state index >= 15 is 0 Å². The average molecular weight is 278 g/mol. The number of carbonyl (C=O) groups excluding carboxylic acids is 1. The first-order chi connectivity index (χ1) is 9.17. The van der Waals surface area contributed by atoms with Crippen LogP contribution in [0.15, 0.2) is 18.2 Å². The predicted octanol–water partition coefficient (Wildman–Crippen LogP) is 4.02. The largest absolute Gasteiger partial charge is 0.374 e. The third kappa shape index (κ3) is 2.51. The molecule has 3 heteroatoms. The van der Waals surface area contributed by atoms with Crippen LogP contribution in [0.2, 0.25) is 5.02 Å². The van der Waals surface area contributed by atoms with Gasteiger partial charge in [0.25, 0.3) is 0 Å². The normalized spacial score (nSPS) is 28.6. The number of halogens is 1. The van der Waals surface area contributed by atoms with Crippen LogP contribution in [0, 0.1) is 17.8 Å². The smallest absolute Gasteiger partial charge is 0.152 e. The highest BCUT2D eigenvalue weighted by Gasteiger charge is 2.39. The van der Waals surface area contributed by atoms with Crippen molar-refractivity contribution in [2.75, 3.05) is 18.5 Å². The molecule has 0 heterocycles. The molecule has 0 saturated heterocycles. The SMILES string of the molecule is CN(CC1CC2CCC1C2)c1cc(Cl)ccc1C=O. The molecule has 2 bridgehead atoms. The van der Waals surface area contributed by atoms with Gasteiger partial charge >= 0.3 is 0 Å². The van der Waals surface area contributed by atoms with E-state index in [0.29, 0.717) is 5.02 Å². The van der Waals surface area contributed by atoms with Crippen LogP contribution in [0.1, 0.15) is 36.0 Å². The van der Waals surface area contributed by atoms with Gasteiger partial charge in [-0.05, 0) is 55.2 Å².